The van der Waals surface area contributed by atoms with Gasteiger partial charge in [-0.2, -0.15) is 0 Å². The molecule has 2 aromatic carbocycles. The van der Waals surface area contributed by atoms with Crippen molar-refractivity contribution in [1.29, 1.82) is 0 Å². The number of carbonyl (C=O) groups is 1. The van der Waals surface area contributed by atoms with Gasteiger partial charge in [-0.25, -0.2) is 4.98 Å². The van der Waals surface area contributed by atoms with Crippen molar-refractivity contribution < 1.29 is 4.79 Å². The molecule has 0 saturated heterocycles. The van der Waals surface area contributed by atoms with E-state index in [0.29, 0.717) is 16.1 Å². The average Bonchev–Trinajstić information content (AvgIpc) is 2.70. The molecular weight excluding hydrogens is 382 g/mol. The topological polar surface area (TPSA) is 64.0 Å². The van der Waals surface area contributed by atoms with E-state index in [4.69, 9.17) is 4.98 Å². The first-order valence-electron chi connectivity index (χ1n) is 9.88. The molecule has 0 spiro atoms. The lowest BCUT2D eigenvalue weighted by atomic mass is 10.1. The minimum atomic E-state index is -0.405. The Morgan fingerprint density at radius 1 is 1.10 bits per heavy atom. The summed E-state index contributed by atoms with van der Waals surface area (Å²) in [6.45, 7) is 9.84. The van der Waals surface area contributed by atoms with Crippen LogP contribution >= 0.6 is 11.8 Å². The zero-order chi connectivity index (χ0) is 21.1. The van der Waals surface area contributed by atoms with Gasteiger partial charge >= 0.3 is 0 Å². The van der Waals surface area contributed by atoms with Crippen molar-refractivity contribution in [2.45, 2.75) is 57.5 Å². The average molecular weight is 410 g/mol. The van der Waals surface area contributed by atoms with Gasteiger partial charge in [-0.05, 0) is 57.4 Å². The second-order valence-electron chi connectivity index (χ2n) is 7.36. The molecule has 1 amide bonds. The number of anilines is 1. The maximum absolute atomic E-state index is 13.1. The molecule has 0 saturated carbocycles. The van der Waals surface area contributed by atoms with Crippen molar-refractivity contribution in [3.05, 3.63) is 63.9 Å². The Hall–Kier alpha value is -2.60. The zero-order valence-corrected chi connectivity index (χ0v) is 18.3. The summed E-state index contributed by atoms with van der Waals surface area (Å²) >= 11 is 1.32. The van der Waals surface area contributed by atoms with E-state index in [-0.39, 0.29) is 17.5 Å². The van der Waals surface area contributed by atoms with Crippen molar-refractivity contribution >= 4 is 34.3 Å². The van der Waals surface area contributed by atoms with E-state index >= 15 is 0 Å². The summed E-state index contributed by atoms with van der Waals surface area (Å²) in [5.41, 5.74) is 3.49. The molecule has 0 aliphatic carbocycles. The lowest BCUT2D eigenvalue weighted by molar-refractivity contribution is -0.115. The fourth-order valence-corrected chi connectivity index (χ4v) is 4.24. The normalized spacial score (nSPS) is 13.3. The lowest BCUT2D eigenvalue weighted by Gasteiger charge is -2.20. The number of hydrogen-bond donors (Lipinski definition) is 1. The van der Waals surface area contributed by atoms with Crippen LogP contribution in [0.15, 0.2) is 52.4 Å². The maximum atomic E-state index is 13.1. The molecule has 1 aromatic heterocycles. The maximum Gasteiger partial charge on any atom is 0.262 e. The van der Waals surface area contributed by atoms with Crippen LogP contribution in [0.4, 0.5) is 5.69 Å². The predicted molar refractivity (Wildman–Crippen MR) is 121 cm³/mol. The molecule has 0 aliphatic heterocycles. The summed E-state index contributed by atoms with van der Waals surface area (Å²) in [4.78, 5) is 30.7. The number of hydrogen-bond acceptors (Lipinski definition) is 4. The summed E-state index contributed by atoms with van der Waals surface area (Å²) in [5.74, 6) is -0.106. The fourth-order valence-electron chi connectivity index (χ4n) is 3.23. The van der Waals surface area contributed by atoms with Crippen LogP contribution in [0.5, 0.6) is 0 Å². The summed E-state index contributed by atoms with van der Waals surface area (Å²) in [6.07, 6.45) is 0.802. The number of nitrogens with one attached hydrogen (secondary N) is 1. The van der Waals surface area contributed by atoms with Gasteiger partial charge in [0.25, 0.3) is 5.56 Å². The second kappa shape index (κ2) is 8.82. The first kappa shape index (κ1) is 21.1. The first-order chi connectivity index (χ1) is 13.8. The molecular formula is C23H27N3O2S. The van der Waals surface area contributed by atoms with E-state index < -0.39 is 5.25 Å². The molecule has 0 unspecified atom stereocenters. The van der Waals surface area contributed by atoms with Crippen LogP contribution in [0, 0.1) is 13.8 Å². The van der Waals surface area contributed by atoms with E-state index in [2.05, 4.69) is 5.32 Å². The molecule has 0 aliphatic rings. The highest BCUT2D eigenvalue weighted by atomic mass is 32.2. The highest BCUT2D eigenvalue weighted by Gasteiger charge is 2.22. The number of aryl methyl sites for hydroxylation is 2. The minimum absolute atomic E-state index is 0.00372. The molecule has 3 rings (SSSR count). The van der Waals surface area contributed by atoms with E-state index in [1.807, 2.05) is 71.0 Å². The Labute approximate surface area is 175 Å². The SMILES string of the molecule is CC[C@H](C)n1c(S[C@H](C)C(=O)Nc2c(C)cccc2C)nc2ccccc2c1=O. The highest BCUT2D eigenvalue weighted by molar-refractivity contribution is 8.00. The van der Waals surface area contributed by atoms with E-state index in [1.165, 1.54) is 11.8 Å². The van der Waals surface area contributed by atoms with Gasteiger partial charge in [0.05, 0.1) is 16.2 Å². The number of para-hydroxylation sites is 2. The Morgan fingerprint density at radius 3 is 2.41 bits per heavy atom. The van der Waals surface area contributed by atoms with Crippen LogP contribution in [-0.4, -0.2) is 20.7 Å². The standard InChI is InChI=1S/C23H27N3O2S/c1-6-16(4)26-22(28)18-12-7-8-13-19(18)24-23(26)29-17(5)21(27)25-20-14(2)10-9-11-15(20)3/h7-13,16-17H,6H2,1-5H3,(H,25,27)/t16-,17+/m0/s1. The summed E-state index contributed by atoms with van der Waals surface area (Å²) in [5, 5.41) is 3.81. The molecule has 2 atom stereocenters. The number of fused-ring (bicyclic) bond motifs is 1. The number of benzene rings is 2. The second-order valence-corrected chi connectivity index (χ2v) is 8.67. The number of nitrogens with zero attached hydrogens (tertiary/aromatic N) is 2. The van der Waals surface area contributed by atoms with Crippen LogP contribution in [0.2, 0.25) is 0 Å². The van der Waals surface area contributed by atoms with Gasteiger partial charge in [-0.1, -0.05) is 49.0 Å². The third kappa shape index (κ3) is 4.37. The minimum Gasteiger partial charge on any atom is -0.325 e. The molecule has 29 heavy (non-hydrogen) atoms. The first-order valence-corrected chi connectivity index (χ1v) is 10.8. The summed E-state index contributed by atoms with van der Waals surface area (Å²) in [6, 6.07) is 13.3. The summed E-state index contributed by atoms with van der Waals surface area (Å²) < 4.78 is 1.72. The van der Waals surface area contributed by atoms with Crippen molar-refractivity contribution in [3.8, 4) is 0 Å². The summed E-state index contributed by atoms with van der Waals surface area (Å²) in [7, 11) is 0. The van der Waals surface area contributed by atoms with E-state index in [1.54, 1.807) is 10.6 Å². The van der Waals surface area contributed by atoms with Crippen LogP contribution < -0.4 is 10.9 Å². The molecule has 0 bridgehead atoms. The Bertz CT molecular complexity index is 1090. The number of aromatic nitrogens is 2. The molecule has 152 valence electrons. The molecule has 6 heteroatoms. The van der Waals surface area contributed by atoms with E-state index in [9.17, 15) is 9.59 Å². The Morgan fingerprint density at radius 2 is 1.76 bits per heavy atom. The Balaban J connectivity index is 1.94. The molecule has 1 heterocycles. The van der Waals surface area contributed by atoms with Gasteiger partial charge in [-0.3, -0.25) is 14.2 Å². The van der Waals surface area contributed by atoms with E-state index in [0.717, 1.165) is 23.2 Å². The van der Waals surface area contributed by atoms with Gasteiger partial charge in [-0.15, -0.1) is 0 Å². The molecule has 0 radical (unpaired) electrons. The third-order valence-electron chi connectivity index (χ3n) is 5.19. The molecule has 3 aromatic rings. The van der Waals surface area contributed by atoms with Gasteiger partial charge in [0.2, 0.25) is 5.91 Å². The Kier molecular flexibility index (Phi) is 6.42. The van der Waals surface area contributed by atoms with Crippen molar-refractivity contribution in [3.63, 3.8) is 0 Å². The lowest BCUT2D eigenvalue weighted by Crippen LogP contribution is -2.29. The van der Waals surface area contributed by atoms with Crippen LogP contribution in [0.1, 0.15) is 44.4 Å². The number of amides is 1. The predicted octanol–water partition coefficient (Wildman–Crippen LogP) is 5.10. The number of thioether (sulfide) groups is 1. The monoisotopic (exact) mass is 409 g/mol. The van der Waals surface area contributed by atoms with Gasteiger partial charge in [0.1, 0.15) is 0 Å². The van der Waals surface area contributed by atoms with Crippen LogP contribution in [0.3, 0.4) is 0 Å². The molecule has 0 fully saturated rings. The quantitative estimate of drug-likeness (QED) is 0.454. The highest BCUT2D eigenvalue weighted by Crippen LogP contribution is 2.27. The number of carbonyl (C=O) groups excluding carboxylic acids is 1. The molecule has 5 nitrogen and oxygen atoms in total. The fraction of sp³-hybridized carbons (Fsp3) is 0.348. The van der Waals surface area contributed by atoms with Crippen molar-refractivity contribution in [2.24, 2.45) is 0 Å². The van der Waals surface area contributed by atoms with Gasteiger partial charge in [0.15, 0.2) is 5.16 Å². The van der Waals surface area contributed by atoms with Gasteiger partial charge < -0.3 is 5.32 Å². The number of rotatable bonds is 6. The molecule has 1 N–H and O–H groups in total. The van der Waals surface area contributed by atoms with Crippen molar-refractivity contribution in [2.75, 3.05) is 5.32 Å². The largest absolute Gasteiger partial charge is 0.325 e. The van der Waals surface area contributed by atoms with Crippen LogP contribution in [0.25, 0.3) is 10.9 Å². The smallest absolute Gasteiger partial charge is 0.262 e. The van der Waals surface area contributed by atoms with Gasteiger partial charge in [0, 0.05) is 11.7 Å². The van der Waals surface area contributed by atoms with Crippen LogP contribution in [-0.2, 0) is 4.79 Å². The van der Waals surface area contributed by atoms with Crippen molar-refractivity contribution in [1.82, 2.24) is 9.55 Å². The zero-order valence-electron chi connectivity index (χ0n) is 17.5. The third-order valence-corrected chi connectivity index (χ3v) is 6.25.